The second kappa shape index (κ2) is 9.36. The Hall–Kier alpha value is -2.87. The molecule has 28 heavy (non-hydrogen) atoms. The first-order valence-electron chi connectivity index (χ1n) is 9.94. The first kappa shape index (κ1) is 19.9. The summed E-state index contributed by atoms with van der Waals surface area (Å²) in [7, 11) is 0. The van der Waals surface area contributed by atoms with Crippen LogP contribution in [0.1, 0.15) is 62.1 Å². The van der Waals surface area contributed by atoms with Gasteiger partial charge in [-0.1, -0.05) is 38.1 Å². The van der Waals surface area contributed by atoms with Crippen molar-refractivity contribution in [1.29, 1.82) is 5.26 Å². The molecule has 0 bridgehead atoms. The highest BCUT2D eigenvalue weighted by molar-refractivity contribution is 5.78. The fourth-order valence-corrected chi connectivity index (χ4v) is 3.50. The summed E-state index contributed by atoms with van der Waals surface area (Å²) in [5.41, 5.74) is 2.86. The van der Waals surface area contributed by atoms with Gasteiger partial charge in [-0.3, -0.25) is 4.79 Å². The summed E-state index contributed by atoms with van der Waals surface area (Å²) >= 11 is 0. The summed E-state index contributed by atoms with van der Waals surface area (Å²) in [5.74, 6) is 1.13. The van der Waals surface area contributed by atoms with Crippen LogP contribution in [0.5, 0.6) is 5.88 Å². The molecule has 0 atom stereocenters. The largest absolute Gasteiger partial charge is 0.474 e. The summed E-state index contributed by atoms with van der Waals surface area (Å²) in [6.45, 7) is 4.33. The predicted molar refractivity (Wildman–Crippen MR) is 108 cm³/mol. The predicted octanol–water partition coefficient (Wildman–Crippen LogP) is 4.13. The van der Waals surface area contributed by atoms with Crippen LogP contribution in [0.4, 0.5) is 0 Å². The molecule has 1 heterocycles. The van der Waals surface area contributed by atoms with Gasteiger partial charge in [0.05, 0.1) is 12.0 Å². The molecule has 2 aromatic rings. The quantitative estimate of drug-likeness (QED) is 0.821. The topological polar surface area (TPSA) is 75.0 Å². The second-order valence-corrected chi connectivity index (χ2v) is 7.73. The molecule has 1 aliphatic rings. The number of rotatable bonds is 6. The number of ether oxygens (including phenoxy) is 1. The van der Waals surface area contributed by atoms with Crippen molar-refractivity contribution in [2.75, 3.05) is 0 Å². The Bertz CT molecular complexity index is 814. The van der Waals surface area contributed by atoms with E-state index in [-0.39, 0.29) is 18.1 Å². The number of nitrogens with zero attached hydrogens (tertiary/aromatic N) is 2. The van der Waals surface area contributed by atoms with Crippen molar-refractivity contribution >= 4 is 5.91 Å². The maximum absolute atomic E-state index is 12.4. The summed E-state index contributed by atoms with van der Waals surface area (Å²) in [5, 5.41) is 12.0. The minimum atomic E-state index is 0.0791. The lowest BCUT2D eigenvalue weighted by Gasteiger charge is -2.29. The highest BCUT2D eigenvalue weighted by Crippen LogP contribution is 2.23. The number of amides is 1. The first-order valence-corrected chi connectivity index (χ1v) is 9.94. The van der Waals surface area contributed by atoms with Gasteiger partial charge in [0.15, 0.2) is 0 Å². The molecule has 0 spiro atoms. The Labute approximate surface area is 166 Å². The van der Waals surface area contributed by atoms with Gasteiger partial charge < -0.3 is 10.1 Å². The second-order valence-electron chi connectivity index (χ2n) is 7.73. The van der Waals surface area contributed by atoms with Crippen molar-refractivity contribution < 1.29 is 9.53 Å². The molecule has 3 rings (SSSR count). The van der Waals surface area contributed by atoms with Gasteiger partial charge in [-0.05, 0) is 48.8 Å². The third kappa shape index (κ3) is 5.56. The SMILES string of the molecule is CC(C)c1ccc(CC(=O)NC2CCC(Oc3ccc(C#N)cn3)CC2)cc1. The number of aromatic nitrogens is 1. The molecule has 0 aliphatic heterocycles. The number of nitrogens with one attached hydrogen (secondary N) is 1. The van der Waals surface area contributed by atoms with Crippen molar-refractivity contribution in [1.82, 2.24) is 10.3 Å². The lowest BCUT2D eigenvalue weighted by atomic mass is 9.92. The molecular weight excluding hydrogens is 350 g/mol. The van der Waals surface area contributed by atoms with Crippen molar-refractivity contribution in [3.63, 3.8) is 0 Å². The molecule has 5 nitrogen and oxygen atoms in total. The van der Waals surface area contributed by atoms with Crippen molar-refractivity contribution in [2.45, 2.75) is 64.0 Å². The van der Waals surface area contributed by atoms with E-state index in [0.717, 1.165) is 31.2 Å². The molecule has 0 saturated heterocycles. The number of pyridine rings is 1. The van der Waals surface area contributed by atoms with Crippen molar-refractivity contribution in [2.24, 2.45) is 0 Å². The van der Waals surface area contributed by atoms with Crippen molar-refractivity contribution in [3.8, 4) is 11.9 Å². The molecule has 1 N–H and O–H groups in total. The minimum absolute atomic E-state index is 0.0791. The number of nitriles is 1. The zero-order chi connectivity index (χ0) is 19.9. The molecule has 146 valence electrons. The lowest BCUT2D eigenvalue weighted by Crippen LogP contribution is -2.40. The molecule has 5 heteroatoms. The zero-order valence-corrected chi connectivity index (χ0v) is 16.5. The van der Waals surface area contributed by atoms with Crippen LogP contribution in [0.15, 0.2) is 42.6 Å². The van der Waals surface area contributed by atoms with Crippen LogP contribution in [0, 0.1) is 11.3 Å². The Morgan fingerprint density at radius 2 is 1.89 bits per heavy atom. The Kier molecular flexibility index (Phi) is 6.65. The molecule has 1 amide bonds. The summed E-state index contributed by atoms with van der Waals surface area (Å²) in [6.07, 6.45) is 5.62. The Balaban J connectivity index is 1.42. The highest BCUT2D eigenvalue weighted by atomic mass is 16.5. The third-order valence-electron chi connectivity index (χ3n) is 5.20. The van der Waals surface area contributed by atoms with E-state index in [9.17, 15) is 4.79 Å². The maximum atomic E-state index is 12.4. The number of carbonyl (C=O) groups is 1. The molecule has 1 saturated carbocycles. The van der Waals surface area contributed by atoms with Gasteiger partial charge in [0.1, 0.15) is 12.2 Å². The Morgan fingerprint density at radius 3 is 2.46 bits per heavy atom. The molecule has 0 radical (unpaired) electrons. The van der Waals surface area contributed by atoms with Gasteiger partial charge in [-0.2, -0.15) is 5.26 Å². The fourth-order valence-electron chi connectivity index (χ4n) is 3.50. The van der Waals surface area contributed by atoms with Crippen LogP contribution in [0.25, 0.3) is 0 Å². The molecule has 1 aromatic heterocycles. The molecule has 1 aromatic carbocycles. The average molecular weight is 377 g/mol. The first-order chi connectivity index (χ1) is 13.5. The van der Waals surface area contributed by atoms with E-state index in [2.05, 4.69) is 36.3 Å². The van der Waals surface area contributed by atoms with E-state index in [0.29, 0.717) is 23.8 Å². The minimum Gasteiger partial charge on any atom is -0.474 e. The fraction of sp³-hybridized carbons (Fsp3) is 0.435. The van der Waals surface area contributed by atoms with Gasteiger partial charge in [0, 0.05) is 18.3 Å². The molecule has 1 aliphatic carbocycles. The summed E-state index contributed by atoms with van der Waals surface area (Å²) in [4.78, 5) is 16.5. The summed E-state index contributed by atoms with van der Waals surface area (Å²) < 4.78 is 5.90. The monoisotopic (exact) mass is 377 g/mol. The standard InChI is InChI=1S/C23H27N3O2/c1-16(2)19-6-3-17(4-7-19)13-22(27)26-20-8-10-21(11-9-20)28-23-12-5-18(14-24)15-25-23/h3-7,12,15-16,20-21H,8-11,13H2,1-2H3,(H,26,27). The normalized spacial score (nSPS) is 19.1. The zero-order valence-electron chi connectivity index (χ0n) is 16.5. The van der Waals surface area contributed by atoms with E-state index < -0.39 is 0 Å². The van der Waals surface area contributed by atoms with E-state index in [4.69, 9.17) is 10.00 Å². The van der Waals surface area contributed by atoms with Gasteiger partial charge in [0.25, 0.3) is 0 Å². The highest BCUT2D eigenvalue weighted by Gasteiger charge is 2.24. The van der Waals surface area contributed by atoms with Crippen LogP contribution in [0.3, 0.4) is 0 Å². The number of hydrogen-bond donors (Lipinski definition) is 1. The molecule has 0 unspecified atom stereocenters. The average Bonchev–Trinajstić information content (AvgIpc) is 2.70. The number of carbonyl (C=O) groups excluding carboxylic acids is 1. The van der Waals surface area contributed by atoms with Crippen LogP contribution < -0.4 is 10.1 Å². The van der Waals surface area contributed by atoms with E-state index in [1.807, 2.05) is 18.2 Å². The number of benzene rings is 1. The van der Waals surface area contributed by atoms with E-state index >= 15 is 0 Å². The van der Waals surface area contributed by atoms with Gasteiger partial charge in [-0.25, -0.2) is 4.98 Å². The smallest absolute Gasteiger partial charge is 0.224 e. The molecule has 1 fully saturated rings. The van der Waals surface area contributed by atoms with Crippen LogP contribution >= 0.6 is 0 Å². The van der Waals surface area contributed by atoms with E-state index in [1.54, 1.807) is 12.1 Å². The third-order valence-corrected chi connectivity index (χ3v) is 5.20. The van der Waals surface area contributed by atoms with Gasteiger partial charge >= 0.3 is 0 Å². The van der Waals surface area contributed by atoms with E-state index in [1.165, 1.54) is 11.8 Å². The van der Waals surface area contributed by atoms with Gasteiger partial charge in [0.2, 0.25) is 11.8 Å². The lowest BCUT2D eigenvalue weighted by molar-refractivity contribution is -0.121. The Morgan fingerprint density at radius 1 is 1.18 bits per heavy atom. The maximum Gasteiger partial charge on any atom is 0.224 e. The van der Waals surface area contributed by atoms with Crippen molar-refractivity contribution in [3.05, 3.63) is 59.3 Å². The number of hydrogen-bond acceptors (Lipinski definition) is 4. The van der Waals surface area contributed by atoms with Crippen LogP contribution in [-0.2, 0) is 11.2 Å². The van der Waals surface area contributed by atoms with Crippen LogP contribution in [-0.4, -0.2) is 23.0 Å². The molecular formula is C23H27N3O2. The van der Waals surface area contributed by atoms with Gasteiger partial charge in [-0.15, -0.1) is 0 Å². The van der Waals surface area contributed by atoms with Crippen LogP contribution in [0.2, 0.25) is 0 Å². The summed E-state index contributed by atoms with van der Waals surface area (Å²) in [6, 6.07) is 14.0.